The van der Waals surface area contributed by atoms with Crippen molar-refractivity contribution >= 4 is 58.0 Å². The summed E-state index contributed by atoms with van der Waals surface area (Å²) in [6.45, 7) is 8.04. The SMILES string of the molecule is CC[C@]1(O)C[C@@H]2C[C@](C(=O)OC)(c3cc4c(cc3OC)N(C)[C@H]3[C@@](O)(C(=O)OC)[C@H](OC(C)=O)[C@]5(CC)C=CCN6CC[C@]43[C@@H]65)c3[nH]c4ccccc4c3CC[N@+](CC(=O)/C=C/c3ccc(Cl)cc3)(C2)C1. The third-order valence-corrected chi connectivity index (χ3v) is 18.1. The number of carbonyl (C=O) groups is 4. The number of aliphatic hydroxyl groups is 2. The van der Waals surface area contributed by atoms with E-state index in [-0.39, 0.29) is 30.7 Å². The fraction of sp³-hybridized carbons (Fsp3) is 0.500. The molecule has 0 unspecified atom stereocenters. The number of methoxy groups -OCH3 is 3. The van der Waals surface area contributed by atoms with E-state index in [4.69, 9.17) is 30.5 Å². The van der Waals surface area contributed by atoms with Crippen LogP contribution in [0.2, 0.25) is 5.02 Å². The third kappa shape index (κ3) is 7.16. The average molecular weight is 991 g/mol. The number of ether oxygens (including phenoxy) is 4. The van der Waals surface area contributed by atoms with E-state index in [2.05, 4.69) is 22.0 Å². The van der Waals surface area contributed by atoms with E-state index in [1.54, 1.807) is 31.4 Å². The van der Waals surface area contributed by atoms with Crippen molar-refractivity contribution in [2.45, 2.75) is 99.5 Å². The second-order valence-corrected chi connectivity index (χ2v) is 21.8. The minimum Gasteiger partial charge on any atom is -0.496 e. The Hall–Kier alpha value is -5.51. The van der Waals surface area contributed by atoms with Crippen molar-refractivity contribution in [2.24, 2.45) is 11.3 Å². The molecule has 2 saturated heterocycles. The van der Waals surface area contributed by atoms with Gasteiger partial charge in [-0.05, 0) is 85.7 Å². The molecule has 5 aliphatic heterocycles. The van der Waals surface area contributed by atoms with Gasteiger partial charge >= 0.3 is 17.9 Å². The quantitative estimate of drug-likeness (QED) is 0.0496. The fourth-order valence-electron chi connectivity index (χ4n) is 15.3. The molecule has 6 heterocycles. The predicted molar refractivity (Wildman–Crippen MR) is 269 cm³/mol. The highest BCUT2D eigenvalue weighted by Crippen LogP contribution is 2.68. The number of aromatic amines is 1. The van der Waals surface area contributed by atoms with Gasteiger partial charge < -0.3 is 43.5 Å². The van der Waals surface area contributed by atoms with Gasteiger partial charge in [0.25, 0.3) is 0 Å². The molecule has 1 aliphatic carbocycles. The number of esters is 3. The number of para-hydroxylation sites is 1. The number of hydrogen-bond donors (Lipinski definition) is 3. The Morgan fingerprint density at radius 3 is 2.38 bits per heavy atom. The summed E-state index contributed by atoms with van der Waals surface area (Å²) in [6.07, 6.45) is 8.60. The molecular formula is C56H66ClN4O10+. The van der Waals surface area contributed by atoms with Gasteiger partial charge in [0, 0.05) is 88.7 Å². The number of halogens is 1. The number of ketones is 1. The van der Waals surface area contributed by atoms with Gasteiger partial charge in [-0.25, -0.2) is 4.79 Å². The minimum absolute atomic E-state index is 0.0726. The van der Waals surface area contributed by atoms with Crippen LogP contribution in [-0.4, -0.2) is 145 Å². The molecule has 3 N–H and O–H groups in total. The number of benzene rings is 3. The summed E-state index contributed by atoms with van der Waals surface area (Å²) in [5.74, 6) is -2.05. The number of rotatable bonds is 11. The summed E-state index contributed by atoms with van der Waals surface area (Å²) >= 11 is 6.16. The van der Waals surface area contributed by atoms with Crippen LogP contribution in [0.3, 0.4) is 0 Å². The van der Waals surface area contributed by atoms with E-state index in [0.29, 0.717) is 97.0 Å². The molecule has 4 aromatic rings. The zero-order chi connectivity index (χ0) is 50.5. The highest BCUT2D eigenvalue weighted by molar-refractivity contribution is 6.30. The highest BCUT2D eigenvalue weighted by atomic mass is 35.5. The molecule has 0 radical (unpaired) electrons. The lowest BCUT2D eigenvalue weighted by atomic mass is 9.47. The number of fused-ring (bicyclic) bond motifs is 6. The Morgan fingerprint density at radius 2 is 1.69 bits per heavy atom. The van der Waals surface area contributed by atoms with Crippen LogP contribution in [0.1, 0.15) is 80.8 Å². The second kappa shape index (κ2) is 17.6. The number of anilines is 1. The predicted octanol–water partition coefficient (Wildman–Crippen LogP) is 6.44. The van der Waals surface area contributed by atoms with Gasteiger partial charge in [-0.2, -0.15) is 0 Å². The first-order valence-corrected chi connectivity index (χ1v) is 25.4. The Morgan fingerprint density at radius 1 is 0.944 bits per heavy atom. The third-order valence-electron chi connectivity index (χ3n) is 17.8. The number of carbonyl (C=O) groups excluding carboxylic acids is 4. The number of hydrogen-bond acceptors (Lipinski definition) is 12. The molecule has 10 rings (SSSR count). The van der Waals surface area contributed by atoms with Crippen LogP contribution in [0.15, 0.2) is 78.9 Å². The van der Waals surface area contributed by atoms with E-state index in [1.807, 2.05) is 74.3 Å². The van der Waals surface area contributed by atoms with Gasteiger partial charge in [0.15, 0.2) is 6.10 Å². The van der Waals surface area contributed by atoms with Crippen LogP contribution in [0.5, 0.6) is 5.75 Å². The van der Waals surface area contributed by atoms with E-state index in [9.17, 15) is 24.6 Å². The molecule has 0 amide bonds. The maximum absolute atomic E-state index is 15.8. The summed E-state index contributed by atoms with van der Waals surface area (Å²) in [7, 11) is 6.07. The fourth-order valence-corrected chi connectivity index (χ4v) is 15.4. The lowest BCUT2D eigenvalue weighted by Gasteiger charge is -2.63. The van der Waals surface area contributed by atoms with Crippen LogP contribution >= 0.6 is 11.6 Å². The van der Waals surface area contributed by atoms with E-state index in [1.165, 1.54) is 21.1 Å². The normalized spacial score (nSPS) is 33.8. The van der Waals surface area contributed by atoms with Crippen molar-refractivity contribution < 1.29 is 52.8 Å². The molecule has 1 aromatic heterocycles. The molecule has 71 heavy (non-hydrogen) atoms. The number of aromatic nitrogens is 1. The smallest absolute Gasteiger partial charge is 0.344 e. The van der Waals surface area contributed by atoms with Gasteiger partial charge in [-0.3, -0.25) is 19.3 Å². The molecule has 376 valence electrons. The first-order valence-electron chi connectivity index (χ1n) is 25.0. The zero-order valence-electron chi connectivity index (χ0n) is 41.8. The summed E-state index contributed by atoms with van der Waals surface area (Å²) in [4.78, 5) is 65.8. The number of quaternary nitrogens is 1. The monoisotopic (exact) mass is 989 g/mol. The molecule has 2 bridgehead atoms. The number of likely N-dealkylation sites (N-methyl/N-ethyl adjacent to an activating group) is 1. The van der Waals surface area contributed by atoms with Gasteiger partial charge in [-0.1, -0.05) is 74.0 Å². The van der Waals surface area contributed by atoms with Crippen molar-refractivity contribution in [2.75, 3.05) is 72.5 Å². The largest absolute Gasteiger partial charge is 0.496 e. The average Bonchev–Trinajstić information content (AvgIpc) is 4.02. The number of nitrogens with zero attached hydrogens (tertiary/aromatic N) is 3. The van der Waals surface area contributed by atoms with Crippen LogP contribution in [0.25, 0.3) is 17.0 Å². The summed E-state index contributed by atoms with van der Waals surface area (Å²) in [5, 5.41) is 27.7. The topological polar surface area (TPSA) is 168 Å². The molecule has 14 nitrogen and oxygen atoms in total. The minimum atomic E-state index is -2.36. The standard InChI is InChI=1S/C56H66ClN4O10/c1-8-52(66)29-36-30-55(50(64)69-6,46-40(39-13-10-11-14-43(39)58-46)21-26-61(31-36,33-52)32-38(63)20-17-35-15-18-37(57)19-16-35)42-27-41-44(28-45(42)68-5)59(4)48-54(41)23-25-60-24-12-22-53(9-2,47(54)60)49(71-34(3)62)56(48,67)51(65)70-7/h10-20,22,27-28,36,47-49,58,66-67H,8-9,21,23-26,29-33H2,1-7H3/q+1/b20-17+/t36-,47+,48-,49-,52+,53-,54-,55+,56+,61-/m1/s1. The summed E-state index contributed by atoms with van der Waals surface area (Å²) in [6, 6.07) is 18.0. The molecule has 3 aromatic carbocycles. The molecule has 15 heteroatoms. The summed E-state index contributed by atoms with van der Waals surface area (Å²) < 4.78 is 24.5. The van der Waals surface area contributed by atoms with Gasteiger partial charge in [-0.15, -0.1) is 0 Å². The molecule has 1 spiro atoms. The van der Waals surface area contributed by atoms with Crippen LogP contribution < -0.4 is 9.64 Å². The molecule has 10 atom stereocenters. The molecule has 3 fully saturated rings. The number of nitrogens with one attached hydrogen (secondary N) is 1. The highest BCUT2D eigenvalue weighted by Gasteiger charge is 2.80. The van der Waals surface area contributed by atoms with Crippen LogP contribution in [0, 0.1) is 11.3 Å². The first kappa shape index (κ1) is 49.1. The Balaban J connectivity index is 1.21. The van der Waals surface area contributed by atoms with Crippen LogP contribution in [-0.2, 0) is 50.6 Å². The van der Waals surface area contributed by atoms with Crippen LogP contribution in [0.4, 0.5) is 5.69 Å². The molecular weight excluding hydrogens is 924 g/mol. The van der Waals surface area contributed by atoms with Crippen molar-refractivity contribution in [1.82, 2.24) is 9.88 Å². The molecule has 1 saturated carbocycles. The van der Waals surface area contributed by atoms with E-state index < -0.39 is 57.5 Å². The Bertz CT molecular complexity index is 2880. The van der Waals surface area contributed by atoms with Crippen molar-refractivity contribution in [3.05, 3.63) is 112 Å². The van der Waals surface area contributed by atoms with E-state index >= 15 is 4.79 Å². The second-order valence-electron chi connectivity index (χ2n) is 21.4. The maximum atomic E-state index is 15.8. The van der Waals surface area contributed by atoms with Gasteiger partial charge in [0.1, 0.15) is 29.9 Å². The Labute approximate surface area is 420 Å². The number of piperidine rings is 1. The number of H-pyrrole nitrogens is 1. The van der Waals surface area contributed by atoms with E-state index in [0.717, 1.165) is 27.6 Å². The molecule has 6 aliphatic rings. The van der Waals surface area contributed by atoms with Crippen molar-refractivity contribution in [3.8, 4) is 5.75 Å². The lowest BCUT2D eigenvalue weighted by molar-refractivity contribution is -0.935. The maximum Gasteiger partial charge on any atom is 0.344 e. The zero-order valence-corrected chi connectivity index (χ0v) is 42.5. The van der Waals surface area contributed by atoms with Gasteiger partial charge in [0.2, 0.25) is 11.4 Å². The lowest BCUT2D eigenvalue weighted by Crippen LogP contribution is -2.81. The Kier molecular flexibility index (Phi) is 12.2. The van der Waals surface area contributed by atoms with Crippen molar-refractivity contribution in [1.29, 1.82) is 0 Å². The van der Waals surface area contributed by atoms with Crippen molar-refractivity contribution in [3.63, 3.8) is 0 Å². The van der Waals surface area contributed by atoms with Gasteiger partial charge in [0.05, 0.1) is 40.5 Å². The summed E-state index contributed by atoms with van der Waals surface area (Å²) in [5.41, 5.74) is -1.80. The first-order chi connectivity index (χ1) is 33.9.